The van der Waals surface area contributed by atoms with E-state index in [1.165, 1.54) is 13.3 Å². The molecule has 2 aromatic carbocycles. The van der Waals surface area contributed by atoms with Gasteiger partial charge in [0.15, 0.2) is 11.5 Å². The van der Waals surface area contributed by atoms with Crippen LogP contribution in [0.5, 0.6) is 11.5 Å². The molecule has 0 aliphatic carbocycles. The maximum Gasteiger partial charge on any atom is 0.247 e. The summed E-state index contributed by atoms with van der Waals surface area (Å²) in [4.78, 5) is 23.8. The predicted octanol–water partition coefficient (Wildman–Crippen LogP) is 4.86. The Balaban J connectivity index is 1.52. The van der Waals surface area contributed by atoms with E-state index in [1.807, 2.05) is 6.92 Å². The Morgan fingerprint density at radius 2 is 1.94 bits per heavy atom. The zero-order valence-corrected chi connectivity index (χ0v) is 21.3. The van der Waals surface area contributed by atoms with Crippen molar-refractivity contribution < 1.29 is 19.1 Å². The largest absolute Gasteiger partial charge is 0.493 e. The molecule has 0 bridgehead atoms. The average Bonchev–Trinajstić information content (AvgIpc) is 3.25. The van der Waals surface area contributed by atoms with Gasteiger partial charge in [0.2, 0.25) is 16.9 Å². The molecular formula is C23H23Cl2N5O4S. The number of benzene rings is 2. The maximum absolute atomic E-state index is 12.1. The Labute approximate surface area is 216 Å². The first kappa shape index (κ1) is 26.4. The fraction of sp³-hybridized carbons (Fsp3) is 0.261. The van der Waals surface area contributed by atoms with E-state index in [9.17, 15) is 9.59 Å². The van der Waals surface area contributed by atoms with Gasteiger partial charge in [0.25, 0.3) is 0 Å². The van der Waals surface area contributed by atoms with Gasteiger partial charge in [-0.25, -0.2) is 5.43 Å². The van der Waals surface area contributed by atoms with Crippen LogP contribution in [0.2, 0.25) is 10.0 Å². The number of hydrogen-bond donors (Lipinski definition) is 2. The summed E-state index contributed by atoms with van der Waals surface area (Å²) in [6.07, 6.45) is 2.61. The lowest BCUT2D eigenvalue weighted by Gasteiger charge is -2.12. The van der Waals surface area contributed by atoms with E-state index in [-0.39, 0.29) is 24.8 Å². The molecule has 184 valence electrons. The Kier molecular flexibility index (Phi) is 9.83. The fourth-order valence-electron chi connectivity index (χ4n) is 2.82. The molecule has 0 unspecified atom stereocenters. The number of hydrogen-bond acceptors (Lipinski definition) is 8. The van der Waals surface area contributed by atoms with E-state index >= 15 is 0 Å². The zero-order chi connectivity index (χ0) is 25.2. The van der Waals surface area contributed by atoms with Gasteiger partial charge in [-0.3, -0.25) is 9.59 Å². The molecule has 12 heteroatoms. The summed E-state index contributed by atoms with van der Waals surface area (Å²) in [5.74, 6) is 0.523. The van der Waals surface area contributed by atoms with Crippen molar-refractivity contribution >= 4 is 57.7 Å². The van der Waals surface area contributed by atoms with Crippen molar-refractivity contribution in [3.05, 3.63) is 62.6 Å². The lowest BCUT2D eigenvalue weighted by atomic mass is 10.2. The van der Waals surface area contributed by atoms with Crippen LogP contribution in [0.3, 0.4) is 0 Å². The first-order chi connectivity index (χ1) is 16.9. The van der Waals surface area contributed by atoms with Crippen molar-refractivity contribution in [2.45, 2.75) is 32.8 Å². The van der Waals surface area contributed by atoms with Gasteiger partial charge in [0.1, 0.15) is 11.6 Å². The summed E-state index contributed by atoms with van der Waals surface area (Å²) in [5, 5.41) is 16.3. The summed E-state index contributed by atoms with van der Waals surface area (Å²) >= 11 is 13.3. The van der Waals surface area contributed by atoms with Crippen molar-refractivity contribution in [1.29, 1.82) is 0 Å². The Bertz CT molecular complexity index is 1220. The molecule has 0 atom stereocenters. The van der Waals surface area contributed by atoms with Gasteiger partial charge < -0.3 is 14.8 Å². The van der Waals surface area contributed by atoms with Gasteiger partial charge in [-0.1, -0.05) is 47.5 Å². The predicted molar refractivity (Wildman–Crippen MR) is 137 cm³/mol. The molecule has 3 aromatic rings. The van der Waals surface area contributed by atoms with Crippen LogP contribution in [0.1, 0.15) is 35.9 Å². The highest BCUT2D eigenvalue weighted by molar-refractivity contribution is 7.15. The standard InChI is InChI=1S/C23H23Cl2N5O4S/c1-3-4-20(31)27-23-30-29-22(35-23)11-21(32)28-26-12-14-5-8-18(19(9-14)33-2)34-13-15-6-7-16(24)10-17(15)25/h5-10,12H,3-4,11,13H2,1-2H3,(H,28,32)(H,27,30,31)/b26-12-. The number of hydrazone groups is 1. The van der Waals surface area contributed by atoms with Crippen molar-refractivity contribution in [2.75, 3.05) is 12.4 Å². The van der Waals surface area contributed by atoms with Crippen LogP contribution < -0.4 is 20.2 Å². The minimum absolute atomic E-state index is 0.0119. The third kappa shape index (κ3) is 8.20. The highest BCUT2D eigenvalue weighted by atomic mass is 35.5. The van der Waals surface area contributed by atoms with E-state index in [1.54, 1.807) is 36.4 Å². The van der Waals surface area contributed by atoms with Gasteiger partial charge in [-0.15, -0.1) is 10.2 Å². The third-order valence-electron chi connectivity index (χ3n) is 4.49. The quantitative estimate of drug-likeness (QED) is 0.267. The zero-order valence-electron chi connectivity index (χ0n) is 19.0. The van der Waals surface area contributed by atoms with E-state index in [0.29, 0.717) is 43.7 Å². The number of nitrogens with one attached hydrogen (secondary N) is 2. The monoisotopic (exact) mass is 535 g/mol. The Hall–Kier alpha value is -3.21. The molecule has 9 nitrogen and oxygen atoms in total. The van der Waals surface area contributed by atoms with Crippen LogP contribution in [0.4, 0.5) is 5.13 Å². The Morgan fingerprint density at radius 3 is 2.69 bits per heavy atom. The molecule has 2 amide bonds. The number of nitrogens with zero attached hydrogens (tertiary/aromatic N) is 3. The summed E-state index contributed by atoms with van der Waals surface area (Å²) in [6.45, 7) is 2.15. The molecule has 0 radical (unpaired) electrons. The number of aromatic nitrogens is 2. The molecule has 35 heavy (non-hydrogen) atoms. The van der Waals surface area contributed by atoms with Crippen LogP contribution >= 0.6 is 34.5 Å². The van der Waals surface area contributed by atoms with Gasteiger partial charge in [0, 0.05) is 22.0 Å². The first-order valence-corrected chi connectivity index (χ1v) is 12.1. The van der Waals surface area contributed by atoms with Crippen molar-refractivity contribution in [3.63, 3.8) is 0 Å². The van der Waals surface area contributed by atoms with Crippen LogP contribution in [-0.4, -0.2) is 35.3 Å². The number of carbonyl (C=O) groups excluding carboxylic acids is 2. The van der Waals surface area contributed by atoms with E-state index in [2.05, 4.69) is 26.0 Å². The first-order valence-electron chi connectivity index (χ1n) is 10.6. The van der Waals surface area contributed by atoms with E-state index in [0.717, 1.165) is 23.3 Å². The molecule has 1 heterocycles. The maximum atomic E-state index is 12.1. The molecule has 0 fully saturated rings. The molecule has 2 N–H and O–H groups in total. The smallest absolute Gasteiger partial charge is 0.247 e. The summed E-state index contributed by atoms with van der Waals surface area (Å²) in [5.41, 5.74) is 3.92. The highest BCUT2D eigenvalue weighted by Crippen LogP contribution is 2.29. The fourth-order valence-corrected chi connectivity index (χ4v) is 4.04. The number of amides is 2. The summed E-state index contributed by atoms with van der Waals surface area (Å²) in [6, 6.07) is 10.4. The highest BCUT2D eigenvalue weighted by Gasteiger charge is 2.11. The van der Waals surface area contributed by atoms with E-state index in [4.69, 9.17) is 32.7 Å². The second-order valence-corrected chi connectivity index (χ2v) is 9.11. The lowest BCUT2D eigenvalue weighted by Crippen LogP contribution is -2.19. The van der Waals surface area contributed by atoms with Crippen LogP contribution in [0.15, 0.2) is 41.5 Å². The van der Waals surface area contributed by atoms with Gasteiger partial charge in [-0.05, 0) is 42.3 Å². The van der Waals surface area contributed by atoms with Crippen LogP contribution in [0, 0.1) is 0 Å². The molecule has 0 saturated carbocycles. The minimum atomic E-state index is -0.365. The second-order valence-electron chi connectivity index (χ2n) is 7.20. The molecule has 0 spiro atoms. The van der Waals surface area contributed by atoms with Gasteiger partial charge in [0.05, 0.1) is 19.7 Å². The lowest BCUT2D eigenvalue weighted by molar-refractivity contribution is -0.120. The van der Waals surface area contributed by atoms with Crippen LogP contribution in [0.25, 0.3) is 0 Å². The normalized spacial score (nSPS) is 10.9. The molecule has 3 rings (SSSR count). The second kappa shape index (κ2) is 13.0. The molecule has 0 aliphatic rings. The number of methoxy groups -OCH3 is 1. The SMILES string of the molecule is CCCC(=O)Nc1nnc(CC(=O)N/N=C\c2ccc(OCc3ccc(Cl)cc3Cl)c(OC)c2)s1. The minimum Gasteiger partial charge on any atom is -0.493 e. The molecule has 0 saturated heterocycles. The summed E-state index contributed by atoms with van der Waals surface area (Å²) in [7, 11) is 1.53. The number of halogens is 2. The number of anilines is 1. The van der Waals surface area contributed by atoms with Gasteiger partial charge >= 0.3 is 0 Å². The number of ether oxygens (including phenoxy) is 2. The van der Waals surface area contributed by atoms with Crippen molar-refractivity contribution in [2.24, 2.45) is 5.10 Å². The van der Waals surface area contributed by atoms with E-state index < -0.39 is 0 Å². The number of carbonyl (C=O) groups is 2. The summed E-state index contributed by atoms with van der Waals surface area (Å²) < 4.78 is 11.2. The van der Waals surface area contributed by atoms with Crippen molar-refractivity contribution in [3.8, 4) is 11.5 Å². The van der Waals surface area contributed by atoms with Crippen molar-refractivity contribution in [1.82, 2.24) is 15.6 Å². The third-order valence-corrected chi connectivity index (χ3v) is 5.92. The Morgan fingerprint density at radius 1 is 1.11 bits per heavy atom. The molecular weight excluding hydrogens is 513 g/mol. The van der Waals surface area contributed by atoms with Gasteiger partial charge in [-0.2, -0.15) is 5.10 Å². The molecule has 1 aromatic heterocycles. The molecule has 0 aliphatic heterocycles. The topological polar surface area (TPSA) is 115 Å². The average molecular weight is 536 g/mol. The number of rotatable bonds is 11. The van der Waals surface area contributed by atoms with Crippen LogP contribution in [-0.2, 0) is 22.6 Å².